The van der Waals surface area contributed by atoms with E-state index in [-0.39, 0.29) is 0 Å². The molecule has 1 unspecified atom stereocenters. The van der Waals surface area contributed by atoms with Gasteiger partial charge in [0.05, 0.1) is 23.9 Å². The molecule has 1 aliphatic rings. The van der Waals surface area contributed by atoms with Gasteiger partial charge in [-0.25, -0.2) is 4.98 Å². The molecular weight excluding hydrogens is 232 g/mol. The molecule has 1 N–H and O–H groups in total. The highest BCUT2D eigenvalue weighted by Crippen LogP contribution is 2.16. The molecular formula is C13H22N2OS. The molecule has 4 heteroatoms. The zero-order chi connectivity index (χ0) is 12.1. The molecule has 0 saturated carbocycles. The normalized spacial score (nSPS) is 21.0. The summed E-state index contributed by atoms with van der Waals surface area (Å²) in [6, 6.07) is 0.515. The second kappa shape index (κ2) is 6.47. The van der Waals surface area contributed by atoms with E-state index >= 15 is 0 Å². The molecule has 1 atom stereocenters. The smallest absolute Gasteiger partial charge is 0.0928 e. The van der Waals surface area contributed by atoms with Gasteiger partial charge in [0.15, 0.2) is 0 Å². The zero-order valence-corrected chi connectivity index (χ0v) is 11.6. The first-order chi connectivity index (χ1) is 8.24. The molecule has 0 amide bonds. The van der Waals surface area contributed by atoms with Crippen molar-refractivity contribution in [2.45, 2.75) is 39.2 Å². The van der Waals surface area contributed by atoms with Crippen LogP contribution in [0.25, 0.3) is 0 Å². The molecule has 96 valence electrons. The highest BCUT2D eigenvalue weighted by molar-refractivity contribution is 7.09. The predicted octanol–water partition coefficient (Wildman–Crippen LogP) is 2.26. The molecule has 17 heavy (non-hydrogen) atoms. The van der Waals surface area contributed by atoms with Crippen LogP contribution >= 0.6 is 11.3 Å². The van der Waals surface area contributed by atoms with Crippen LogP contribution in [0, 0.1) is 5.92 Å². The Kier molecular flexibility index (Phi) is 4.95. The lowest BCUT2D eigenvalue weighted by Gasteiger charge is -2.23. The molecule has 0 aromatic carbocycles. The summed E-state index contributed by atoms with van der Waals surface area (Å²) in [6.45, 7) is 7.17. The molecule has 1 aromatic heterocycles. The number of aromatic nitrogens is 1. The molecule has 3 nitrogen and oxygen atoms in total. The average molecular weight is 254 g/mol. The third-order valence-electron chi connectivity index (χ3n) is 2.92. The van der Waals surface area contributed by atoms with Gasteiger partial charge in [0.2, 0.25) is 0 Å². The highest BCUT2D eigenvalue weighted by atomic mass is 32.1. The molecule has 1 aromatic rings. The lowest BCUT2D eigenvalue weighted by Crippen LogP contribution is -2.41. The maximum Gasteiger partial charge on any atom is 0.0928 e. The third-order valence-corrected chi connectivity index (χ3v) is 3.88. The van der Waals surface area contributed by atoms with Gasteiger partial charge in [0.1, 0.15) is 0 Å². The van der Waals surface area contributed by atoms with E-state index < -0.39 is 0 Å². The lowest BCUT2D eigenvalue weighted by molar-refractivity contribution is 0.0743. The van der Waals surface area contributed by atoms with E-state index in [0.717, 1.165) is 39.0 Å². The molecule has 0 spiro atoms. The first-order valence-corrected chi connectivity index (χ1v) is 7.36. The van der Waals surface area contributed by atoms with Crippen LogP contribution in [0.2, 0.25) is 0 Å². The Morgan fingerprint density at radius 3 is 3.18 bits per heavy atom. The number of hydrogen-bond donors (Lipinski definition) is 1. The zero-order valence-electron chi connectivity index (χ0n) is 10.7. The SMILES string of the molecule is CC(C)Cc1csc(CCC2COCCN2)n1. The number of ether oxygens (including phenoxy) is 1. The maximum absolute atomic E-state index is 5.45. The van der Waals surface area contributed by atoms with Crippen LogP contribution in [0.15, 0.2) is 5.38 Å². The number of rotatable bonds is 5. The number of hydrogen-bond acceptors (Lipinski definition) is 4. The van der Waals surface area contributed by atoms with E-state index in [4.69, 9.17) is 4.74 Å². The molecule has 0 aliphatic carbocycles. The van der Waals surface area contributed by atoms with E-state index in [1.165, 1.54) is 10.7 Å². The summed E-state index contributed by atoms with van der Waals surface area (Å²) in [5.74, 6) is 0.693. The molecule has 0 radical (unpaired) electrons. The van der Waals surface area contributed by atoms with Gasteiger partial charge >= 0.3 is 0 Å². The minimum absolute atomic E-state index is 0.515. The summed E-state index contributed by atoms with van der Waals surface area (Å²) >= 11 is 1.80. The summed E-state index contributed by atoms with van der Waals surface area (Å²) < 4.78 is 5.45. The molecule has 2 heterocycles. The Bertz CT molecular complexity index is 332. The van der Waals surface area contributed by atoms with Gasteiger partial charge in [-0.15, -0.1) is 11.3 Å². The van der Waals surface area contributed by atoms with Crippen molar-refractivity contribution in [2.75, 3.05) is 19.8 Å². The number of nitrogens with zero attached hydrogens (tertiary/aromatic N) is 1. The summed E-state index contributed by atoms with van der Waals surface area (Å²) in [4.78, 5) is 4.68. The average Bonchev–Trinajstić information content (AvgIpc) is 2.75. The monoisotopic (exact) mass is 254 g/mol. The van der Waals surface area contributed by atoms with Crippen LogP contribution in [0.4, 0.5) is 0 Å². The Morgan fingerprint density at radius 2 is 2.47 bits per heavy atom. The van der Waals surface area contributed by atoms with Crippen molar-refractivity contribution in [3.8, 4) is 0 Å². The van der Waals surface area contributed by atoms with Gasteiger partial charge in [-0.3, -0.25) is 0 Å². The van der Waals surface area contributed by atoms with E-state index in [9.17, 15) is 0 Å². The Labute approximate surface area is 108 Å². The lowest BCUT2D eigenvalue weighted by atomic mass is 10.1. The van der Waals surface area contributed by atoms with E-state index in [2.05, 4.69) is 29.5 Å². The Balaban J connectivity index is 1.76. The van der Waals surface area contributed by atoms with Crippen LogP contribution in [0.3, 0.4) is 0 Å². The minimum Gasteiger partial charge on any atom is -0.379 e. The minimum atomic E-state index is 0.515. The maximum atomic E-state index is 5.45. The third kappa shape index (κ3) is 4.37. The van der Waals surface area contributed by atoms with Crippen molar-refractivity contribution in [2.24, 2.45) is 5.92 Å². The van der Waals surface area contributed by atoms with Crippen molar-refractivity contribution >= 4 is 11.3 Å². The van der Waals surface area contributed by atoms with Crippen LogP contribution in [0.5, 0.6) is 0 Å². The van der Waals surface area contributed by atoms with Crippen molar-refractivity contribution in [1.82, 2.24) is 10.3 Å². The quantitative estimate of drug-likeness (QED) is 0.875. The first kappa shape index (κ1) is 13.0. The van der Waals surface area contributed by atoms with Crippen LogP contribution in [0.1, 0.15) is 31.0 Å². The molecule has 2 rings (SSSR count). The predicted molar refractivity (Wildman–Crippen MR) is 71.6 cm³/mol. The van der Waals surface area contributed by atoms with Crippen molar-refractivity contribution in [1.29, 1.82) is 0 Å². The Morgan fingerprint density at radius 1 is 1.59 bits per heavy atom. The van der Waals surface area contributed by atoms with Gasteiger partial charge in [-0.05, 0) is 18.8 Å². The molecule has 1 saturated heterocycles. The number of aryl methyl sites for hydroxylation is 1. The number of nitrogens with one attached hydrogen (secondary N) is 1. The Hall–Kier alpha value is -0.450. The van der Waals surface area contributed by atoms with E-state index in [0.29, 0.717) is 12.0 Å². The fourth-order valence-electron chi connectivity index (χ4n) is 2.08. The standard InChI is InChI=1S/C13H22N2OS/c1-10(2)7-12-9-17-13(15-12)4-3-11-8-16-6-5-14-11/h9-11,14H,3-8H2,1-2H3. The second-order valence-electron chi connectivity index (χ2n) is 5.10. The van der Waals surface area contributed by atoms with Gasteiger partial charge in [-0.1, -0.05) is 13.8 Å². The molecule has 1 aliphatic heterocycles. The van der Waals surface area contributed by atoms with Gasteiger partial charge < -0.3 is 10.1 Å². The van der Waals surface area contributed by atoms with Crippen LogP contribution < -0.4 is 5.32 Å². The van der Waals surface area contributed by atoms with Crippen molar-refractivity contribution in [3.63, 3.8) is 0 Å². The van der Waals surface area contributed by atoms with Gasteiger partial charge in [0, 0.05) is 24.4 Å². The van der Waals surface area contributed by atoms with Crippen molar-refractivity contribution < 1.29 is 4.74 Å². The topological polar surface area (TPSA) is 34.1 Å². The van der Waals surface area contributed by atoms with Crippen LogP contribution in [-0.4, -0.2) is 30.8 Å². The first-order valence-electron chi connectivity index (χ1n) is 6.48. The second-order valence-corrected chi connectivity index (χ2v) is 6.04. The van der Waals surface area contributed by atoms with Gasteiger partial charge in [0.25, 0.3) is 0 Å². The van der Waals surface area contributed by atoms with Crippen molar-refractivity contribution in [3.05, 3.63) is 16.1 Å². The van der Waals surface area contributed by atoms with E-state index in [1.54, 1.807) is 11.3 Å². The summed E-state index contributed by atoms with van der Waals surface area (Å²) in [6.07, 6.45) is 3.31. The summed E-state index contributed by atoms with van der Waals surface area (Å²) in [5, 5.41) is 6.96. The van der Waals surface area contributed by atoms with Gasteiger partial charge in [-0.2, -0.15) is 0 Å². The summed E-state index contributed by atoms with van der Waals surface area (Å²) in [5.41, 5.74) is 1.26. The largest absolute Gasteiger partial charge is 0.379 e. The van der Waals surface area contributed by atoms with Crippen LogP contribution in [-0.2, 0) is 17.6 Å². The van der Waals surface area contributed by atoms with E-state index in [1.807, 2.05) is 0 Å². The fourth-order valence-corrected chi connectivity index (χ4v) is 2.91. The number of morpholine rings is 1. The highest BCUT2D eigenvalue weighted by Gasteiger charge is 2.13. The molecule has 1 fully saturated rings. The summed E-state index contributed by atoms with van der Waals surface area (Å²) in [7, 11) is 0. The fraction of sp³-hybridized carbons (Fsp3) is 0.769. The number of thiazole rings is 1. The molecule has 0 bridgehead atoms.